The Morgan fingerprint density at radius 2 is 1.89 bits per heavy atom. The molecule has 0 heterocycles. The van der Waals surface area contributed by atoms with Crippen molar-refractivity contribution in [3.05, 3.63) is 29.8 Å². The number of hydrogen-bond donors (Lipinski definition) is 1. The van der Waals surface area contributed by atoms with Gasteiger partial charge in [0.1, 0.15) is 0 Å². The zero-order valence-electron chi connectivity index (χ0n) is 10.2. The maximum absolute atomic E-state index is 12.6. The summed E-state index contributed by atoms with van der Waals surface area (Å²) < 4.78 is 62.0. The van der Waals surface area contributed by atoms with Gasteiger partial charge < -0.3 is 5.32 Å². The largest absolute Gasteiger partial charge is 0.416 e. The van der Waals surface area contributed by atoms with Crippen molar-refractivity contribution in [1.29, 1.82) is 0 Å². The van der Waals surface area contributed by atoms with Gasteiger partial charge in [-0.15, -0.1) is 0 Å². The van der Waals surface area contributed by atoms with Crippen LogP contribution in [0.3, 0.4) is 0 Å². The van der Waals surface area contributed by atoms with Gasteiger partial charge in [0.05, 0.1) is 15.7 Å². The molecule has 2 rings (SSSR count). The highest BCUT2D eigenvalue weighted by Crippen LogP contribution is 2.34. The number of sulfone groups is 1. The van der Waals surface area contributed by atoms with Gasteiger partial charge in [-0.2, -0.15) is 13.2 Å². The van der Waals surface area contributed by atoms with E-state index in [-0.39, 0.29) is 10.9 Å². The summed E-state index contributed by atoms with van der Waals surface area (Å²) in [4.78, 5) is -0.248. The fourth-order valence-electron chi connectivity index (χ4n) is 2.10. The van der Waals surface area contributed by atoms with Crippen LogP contribution < -0.4 is 5.32 Å². The monoisotopic (exact) mass is 293 g/mol. The van der Waals surface area contributed by atoms with Gasteiger partial charge in [-0.05, 0) is 38.1 Å². The Morgan fingerprint density at radius 3 is 2.42 bits per heavy atom. The highest BCUT2D eigenvalue weighted by molar-refractivity contribution is 7.92. The van der Waals surface area contributed by atoms with Gasteiger partial charge in [0.2, 0.25) is 0 Å². The van der Waals surface area contributed by atoms with Crippen molar-refractivity contribution in [3.8, 4) is 0 Å². The predicted octanol–water partition coefficient (Wildman–Crippen LogP) is 2.23. The molecule has 0 radical (unpaired) electrons. The molecule has 0 amide bonds. The van der Waals surface area contributed by atoms with E-state index < -0.39 is 26.8 Å². The second kappa shape index (κ2) is 4.79. The summed E-state index contributed by atoms with van der Waals surface area (Å²) in [5, 5.41) is 2.36. The minimum absolute atomic E-state index is 0.130. The molecule has 0 atom stereocenters. The fraction of sp³-hybridized carbons (Fsp3) is 0.500. The molecule has 1 aromatic rings. The van der Waals surface area contributed by atoms with Crippen molar-refractivity contribution in [2.24, 2.45) is 0 Å². The molecule has 0 bridgehead atoms. The Morgan fingerprint density at radius 1 is 1.26 bits per heavy atom. The van der Waals surface area contributed by atoms with E-state index >= 15 is 0 Å². The van der Waals surface area contributed by atoms with Gasteiger partial charge in [0, 0.05) is 6.04 Å². The Kier molecular flexibility index (Phi) is 3.61. The topological polar surface area (TPSA) is 46.2 Å². The average molecular weight is 293 g/mol. The first kappa shape index (κ1) is 14.3. The van der Waals surface area contributed by atoms with Gasteiger partial charge in [-0.25, -0.2) is 8.42 Å². The third kappa shape index (κ3) is 2.76. The van der Waals surface area contributed by atoms with Crippen LogP contribution in [0.4, 0.5) is 13.2 Å². The Hall–Kier alpha value is -1.08. The molecular formula is C12H14F3NO2S. The first-order valence-corrected chi connectivity index (χ1v) is 7.38. The molecule has 0 aromatic heterocycles. The smallest absolute Gasteiger partial charge is 0.317 e. The first-order chi connectivity index (χ1) is 8.75. The van der Waals surface area contributed by atoms with Crippen LogP contribution in [0.1, 0.15) is 18.4 Å². The van der Waals surface area contributed by atoms with E-state index in [1.807, 2.05) is 0 Å². The lowest BCUT2D eigenvalue weighted by atomic mass is 9.93. The number of rotatable bonds is 3. The number of nitrogens with one attached hydrogen (secondary N) is 1. The van der Waals surface area contributed by atoms with Gasteiger partial charge in [0.15, 0.2) is 9.84 Å². The van der Waals surface area contributed by atoms with Crippen molar-refractivity contribution < 1.29 is 21.6 Å². The van der Waals surface area contributed by atoms with Crippen LogP contribution in [-0.2, 0) is 16.0 Å². The molecule has 1 fully saturated rings. The molecule has 0 saturated heterocycles. The molecular weight excluding hydrogens is 279 g/mol. The minimum Gasteiger partial charge on any atom is -0.317 e. The lowest BCUT2D eigenvalue weighted by molar-refractivity contribution is -0.137. The second-order valence-electron chi connectivity index (χ2n) is 4.65. The average Bonchev–Trinajstić information content (AvgIpc) is 2.26. The summed E-state index contributed by atoms with van der Waals surface area (Å²) >= 11 is 0. The highest BCUT2D eigenvalue weighted by Gasteiger charge is 2.40. The van der Waals surface area contributed by atoms with Gasteiger partial charge in [-0.3, -0.25) is 0 Å². The van der Waals surface area contributed by atoms with Crippen LogP contribution in [0.5, 0.6) is 0 Å². The summed E-state index contributed by atoms with van der Waals surface area (Å²) in [5.41, 5.74) is -0.932. The Bertz CT molecular complexity index is 563. The lowest BCUT2D eigenvalue weighted by Gasteiger charge is -2.34. The molecule has 7 heteroatoms. The molecule has 1 N–H and O–H groups in total. The van der Waals surface area contributed by atoms with Gasteiger partial charge in [0.25, 0.3) is 0 Å². The Labute approximate surface area is 109 Å². The standard InChI is InChI=1S/C12H14F3NO2S/c1-16-9-6-11(7-9)19(17,18)10-4-2-3-8(5-10)12(13,14)15/h2-5,9,11,16H,6-7H2,1H3/t9-,11+. The minimum atomic E-state index is -4.53. The quantitative estimate of drug-likeness (QED) is 0.929. The SMILES string of the molecule is CN[C@H]1C[C@@H](S(=O)(=O)c2cccc(C(F)(F)F)c2)C1. The van der Waals surface area contributed by atoms with E-state index in [2.05, 4.69) is 5.32 Å². The van der Waals surface area contributed by atoms with E-state index in [0.29, 0.717) is 18.9 Å². The molecule has 3 nitrogen and oxygen atoms in total. The molecule has 1 aliphatic rings. The van der Waals surface area contributed by atoms with Gasteiger partial charge in [-0.1, -0.05) is 6.07 Å². The third-order valence-corrected chi connectivity index (χ3v) is 5.61. The summed E-state index contributed by atoms with van der Waals surface area (Å²) in [6.07, 6.45) is -3.65. The number of halogens is 3. The number of benzene rings is 1. The van der Waals surface area contributed by atoms with E-state index in [4.69, 9.17) is 0 Å². The van der Waals surface area contributed by atoms with E-state index in [0.717, 1.165) is 12.1 Å². The van der Waals surface area contributed by atoms with Crippen LogP contribution >= 0.6 is 0 Å². The normalized spacial score (nSPS) is 24.0. The summed E-state index contributed by atoms with van der Waals surface area (Å²) in [6, 6.07) is 4.06. The van der Waals surface area contributed by atoms with Crippen LogP contribution in [-0.4, -0.2) is 26.8 Å². The van der Waals surface area contributed by atoms with Crippen molar-refractivity contribution in [1.82, 2.24) is 5.32 Å². The summed E-state index contributed by atoms with van der Waals surface area (Å²) in [5.74, 6) is 0. The molecule has 1 aromatic carbocycles. The first-order valence-electron chi connectivity index (χ1n) is 5.83. The van der Waals surface area contributed by atoms with E-state index in [1.54, 1.807) is 7.05 Å². The highest BCUT2D eigenvalue weighted by atomic mass is 32.2. The van der Waals surface area contributed by atoms with E-state index in [9.17, 15) is 21.6 Å². The van der Waals surface area contributed by atoms with Crippen molar-refractivity contribution in [2.45, 2.75) is 35.2 Å². The van der Waals surface area contributed by atoms with Crippen LogP contribution in [0.15, 0.2) is 29.2 Å². The molecule has 1 aliphatic carbocycles. The van der Waals surface area contributed by atoms with Crippen LogP contribution in [0, 0.1) is 0 Å². The number of alkyl halides is 3. The second-order valence-corrected chi connectivity index (χ2v) is 6.88. The fourth-order valence-corrected chi connectivity index (χ4v) is 4.01. The van der Waals surface area contributed by atoms with Gasteiger partial charge >= 0.3 is 6.18 Å². The summed E-state index contributed by atoms with van der Waals surface area (Å²) in [6.45, 7) is 0. The molecule has 0 aliphatic heterocycles. The molecule has 19 heavy (non-hydrogen) atoms. The zero-order chi connectivity index (χ0) is 14.3. The molecule has 106 valence electrons. The molecule has 0 unspecified atom stereocenters. The lowest BCUT2D eigenvalue weighted by Crippen LogP contribution is -2.46. The maximum atomic E-state index is 12.6. The van der Waals surface area contributed by atoms with Crippen LogP contribution in [0.25, 0.3) is 0 Å². The van der Waals surface area contributed by atoms with Crippen LogP contribution in [0.2, 0.25) is 0 Å². The zero-order valence-corrected chi connectivity index (χ0v) is 11.1. The molecule has 1 saturated carbocycles. The maximum Gasteiger partial charge on any atom is 0.416 e. The van der Waals surface area contributed by atoms with Crippen molar-refractivity contribution in [2.75, 3.05) is 7.05 Å². The predicted molar refractivity (Wildman–Crippen MR) is 64.5 cm³/mol. The van der Waals surface area contributed by atoms with Crippen molar-refractivity contribution in [3.63, 3.8) is 0 Å². The van der Waals surface area contributed by atoms with E-state index in [1.165, 1.54) is 6.07 Å². The Balaban J connectivity index is 2.27. The summed E-state index contributed by atoms with van der Waals surface area (Å²) in [7, 11) is -1.93. The van der Waals surface area contributed by atoms with Crippen molar-refractivity contribution >= 4 is 9.84 Å². The molecule has 0 spiro atoms. The number of hydrogen-bond acceptors (Lipinski definition) is 3. The third-order valence-electron chi connectivity index (χ3n) is 3.43.